The van der Waals surface area contributed by atoms with Crippen LogP contribution < -0.4 is 10.6 Å². The number of nitriles is 1. The number of carbonyl (C=O) groups is 2. The maximum Gasteiger partial charge on any atom is 0.337 e. The van der Waals surface area contributed by atoms with Crippen LogP contribution in [0.1, 0.15) is 23.3 Å². The van der Waals surface area contributed by atoms with E-state index in [1.165, 1.54) is 29.2 Å². The molecule has 6 nitrogen and oxygen atoms in total. The topological polar surface area (TPSA) is 91.2 Å². The molecule has 3 rings (SSSR count). The van der Waals surface area contributed by atoms with Crippen molar-refractivity contribution in [1.82, 2.24) is 5.32 Å². The Kier molecular flexibility index (Phi) is 8.39. The molecule has 0 unspecified atom stereocenters. The van der Waals surface area contributed by atoms with E-state index in [2.05, 4.69) is 23.3 Å². The van der Waals surface area contributed by atoms with E-state index < -0.39 is 11.9 Å². The van der Waals surface area contributed by atoms with Gasteiger partial charge in [-0.2, -0.15) is 5.26 Å². The molecule has 0 radical (unpaired) electrons. The van der Waals surface area contributed by atoms with Crippen molar-refractivity contribution in [3.05, 3.63) is 85.7 Å². The lowest BCUT2D eigenvalue weighted by Gasteiger charge is -2.28. The van der Waals surface area contributed by atoms with Crippen LogP contribution in [-0.4, -0.2) is 24.2 Å². The average Bonchev–Trinajstić information content (AvgIpc) is 3.32. The van der Waals surface area contributed by atoms with Crippen molar-refractivity contribution in [3.63, 3.8) is 0 Å². The Morgan fingerprint density at radius 1 is 1.39 bits per heavy atom. The van der Waals surface area contributed by atoms with Gasteiger partial charge in [0.1, 0.15) is 6.61 Å². The lowest BCUT2D eigenvalue weighted by Crippen LogP contribution is -2.29. The third kappa shape index (κ3) is 5.88. The van der Waals surface area contributed by atoms with E-state index in [1.807, 2.05) is 30.5 Å². The predicted molar refractivity (Wildman–Crippen MR) is 134 cm³/mol. The number of hydrogen-bond acceptors (Lipinski definition) is 7. The van der Waals surface area contributed by atoms with Crippen LogP contribution >= 0.6 is 34.7 Å². The standard InChI is InChI=1S/C24H22ClN3O3S2/c1-4-9-31-24(30)21-15(3)27-23(17(12-26)22(21)19-6-5-10-32-19)33-13-20(29)28-16-8-7-14(2)18(25)11-16/h4-8,10-11,22,27H,1,9,13H2,2-3H3,(H,28,29)/t22-/m0/s1. The Bertz CT molecular complexity index is 1180. The fourth-order valence-corrected chi connectivity index (χ4v) is 5.17. The number of nitrogens with one attached hydrogen (secondary N) is 2. The second-order valence-electron chi connectivity index (χ2n) is 7.15. The van der Waals surface area contributed by atoms with Gasteiger partial charge in [0.05, 0.1) is 33.9 Å². The van der Waals surface area contributed by atoms with E-state index in [-0.39, 0.29) is 18.3 Å². The van der Waals surface area contributed by atoms with Crippen LogP contribution in [0.25, 0.3) is 0 Å². The van der Waals surface area contributed by atoms with Crippen molar-refractivity contribution in [2.75, 3.05) is 17.7 Å². The smallest absolute Gasteiger partial charge is 0.337 e. The second-order valence-corrected chi connectivity index (χ2v) is 9.53. The van der Waals surface area contributed by atoms with Crippen molar-refractivity contribution in [3.8, 4) is 6.07 Å². The Labute approximate surface area is 206 Å². The van der Waals surface area contributed by atoms with Gasteiger partial charge in [-0.3, -0.25) is 4.79 Å². The molecule has 0 saturated carbocycles. The SMILES string of the molecule is C=CCOC(=O)C1=C(C)NC(SCC(=O)Nc2ccc(C)c(Cl)c2)=C(C#N)[C@H]1c1cccs1. The summed E-state index contributed by atoms with van der Waals surface area (Å²) in [6.45, 7) is 7.29. The zero-order chi connectivity index (χ0) is 24.0. The highest BCUT2D eigenvalue weighted by Crippen LogP contribution is 2.42. The minimum absolute atomic E-state index is 0.0691. The maximum absolute atomic E-state index is 12.8. The summed E-state index contributed by atoms with van der Waals surface area (Å²) in [5, 5.41) is 18.9. The lowest BCUT2D eigenvalue weighted by atomic mass is 9.87. The van der Waals surface area contributed by atoms with Gasteiger partial charge in [-0.25, -0.2) is 4.79 Å². The number of allylic oxidation sites excluding steroid dienone is 2. The zero-order valence-corrected chi connectivity index (χ0v) is 20.5. The number of rotatable bonds is 8. The molecule has 33 heavy (non-hydrogen) atoms. The molecule has 2 aromatic rings. The maximum atomic E-state index is 12.8. The van der Waals surface area contributed by atoms with Crippen LogP contribution in [0, 0.1) is 18.3 Å². The highest BCUT2D eigenvalue weighted by molar-refractivity contribution is 8.03. The first-order chi connectivity index (χ1) is 15.8. The molecule has 1 amide bonds. The van der Waals surface area contributed by atoms with Crippen molar-refractivity contribution in [2.45, 2.75) is 19.8 Å². The number of anilines is 1. The molecule has 0 fully saturated rings. The molecule has 1 aromatic heterocycles. The fourth-order valence-electron chi connectivity index (χ4n) is 3.25. The Hall–Kier alpha value is -2.99. The summed E-state index contributed by atoms with van der Waals surface area (Å²) in [6, 6.07) is 11.3. The average molecular weight is 500 g/mol. The molecular formula is C24H22ClN3O3S2. The van der Waals surface area contributed by atoms with Crippen molar-refractivity contribution in [1.29, 1.82) is 5.26 Å². The molecule has 1 aliphatic rings. The van der Waals surface area contributed by atoms with E-state index in [9.17, 15) is 14.9 Å². The van der Waals surface area contributed by atoms with E-state index in [0.29, 0.717) is 32.6 Å². The lowest BCUT2D eigenvalue weighted by molar-refractivity contribution is -0.138. The number of carbonyl (C=O) groups excluding carboxylic acids is 2. The molecule has 1 aliphatic heterocycles. The van der Waals surface area contributed by atoms with Crippen LogP contribution in [-0.2, 0) is 14.3 Å². The number of ether oxygens (including phenoxy) is 1. The van der Waals surface area contributed by atoms with Crippen LogP contribution in [0.15, 0.2) is 70.2 Å². The number of thioether (sulfide) groups is 1. The van der Waals surface area contributed by atoms with Crippen LogP contribution in [0.2, 0.25) is 5.02 Å². The molecule has 2 heterocycles. The molecule has 0 bridgehead atoms. The molecule has 170 valence electrons. The first kappa shape index (κ1) is 24.6. The molecule has 0 saturated heterocycles. The summed E-state index contributed by atoms with van der Waals surface area (Å²) < 4.78 is 5.28. The van der Waals surface area contributed by atoms with Gasteiger partial charge in [0.15, 0.2) is 0 Å². The Morgan fingerprint density at radius 3 is 2.82 bits per heavy atom. The van der Waals surface area contributed by atoms with Gasteiger partial charge >= 0.3 is 5.97 Å². The number of benzene rings is 1. The molecule has 2 N–H and O–H groups in total. The number of amides is 1. The Morgan fingerprint density at radius 2 is 2.18 bits per heavy atom. The summed E-state index contributed by atoms with van der Waals surface area (Å²) in [4.78, 5) is 26.2. The summed E-state index contributed by atoms with van der Waals surface area (Å²) in [5.41, 5.74) is 2.84. The Balaban J connectivity index is 1.83. The highest BCUT2D eigenvalue weighted by atomic mass is 35.5. The predicted octanol–water partition coefficient (Wildman–Crippen LogP) is 5.51. The number of halogens is 1. The van der Waals surface area contributed by atoms with Crippen LogP contribution in [0.5, 0.6) is 0 Å². The quantitative estimate of drug-likeness (QED) is 0.367. The van der Waals surface area contributed by atoms with Gasteiger partial charge in [0, 0.05) is 21.3 Å². The number of thiophene rings is 1. The van der Waals surface area contributed by atoms with Crippen LogP contribution in [0.4, 0.5) is 5.69 Å². The molecule has 1 aromatic carbocycles. The first-order valence-corrected chi connectivity index (χ1v) is 12.2. The van der Waals surface area contributed by atoms with Crippen molar-refractivity contribution >= 4 is 52.3 Å². The second kappa shape index (κ2) is 11.2. The summed E-state index contributed by atoms with van der Waals surface area (Å²) in [7, 11) is 0. The monoisotopic (exact) mass is 499 g/mol. The fraction of sp³-hybridized carbons (Fsp3) is 0.208. The third-order valence-electron chi connectivity index (χ3n) is 4.83. The van der Waals surface area contributed by atoms with Gasteiger partial charge in [0.2, 0.25) is 5.91 Å². The molecular weight excluding hydrogens is 478 g/mol. The van der Waals surface area contributed by atoms with Gasteiger partial charge < -0.3 is 15.4 Å². The summed E-state index contributed by atoms with van der Waals surface area (Å²) in [5.74, 6) is -1.25. The first-order valence-electron chi connectivity index (χ1n) is 9.98. The number of nitrogens with zero attached hydrogens (tertiary/aromatic N) is 1. The zero-order valence-electron chi connectivity index (χ0n) is 18.1. The van der Waals surface area contributed by atoms with E-state index >= 15 is 0 Å². The minimum atomic E-state index is -0.574. The highest BCUT2D eigenvalue weighted by Gasteiger charge is 2.36. The number of hydrogen-bond donors (Lipinski definition) is 2. The van der Waals surface area contributed by atoms with Crippen molar-refractivity contribution < 1.29 is 14.3 Å². The van der Waals surface area contributed by atoms with Gasteiger partial charge in [0.25, 0.3) is 0 Å². The summed E-state index contributed by atoms with van der Waals surface area (Å²) in [6.07, 6.45) is 1.49. The van der Waals surface area contributed by atoms with Gasteiger partial charge in [-0.1, -0.05) is 48.2 Å². The van der Waals surface area contributed by atoms with E-state index in [4.69, 9.17) is 16.3 Å². The number of esters is 1. The molecule has 1 atom stereocenters. The third-order valence-corrected chi connectivity index (χ3v) is 7.19. The number of dihydropyridines is 1. The van der Waals surface area contributed by atoms with Crippen molar-refractivity contribution in [2.24, 2.45) is 0 Å². The van der Waals surface area contributed by atoms with Gasteiger partial charge in [-0.15, -0.1) is 11.3 Å². The molecule has 9 heteroatoms. The van der Waals surface area contributed by atoms with E-state index in [0.717, 1.165) is 10.4 Å². The normalized spacial score (nSPS) is 15.5. The largest absolute Gasteiger partial charge is 0.458 e. The molecule has 0 spiro atoms. The minimum Gasteiger partial charge on any atom is -0.458 e. The van der Waals surface area contributed by atoms with Gasteiger partial charge in [-0.05, 0) is 43.0 Å². The summed E-state index contributed by atoms with van der Waals surface area (Å²) >= 11 is 8.78. The van der Waals surface area contributed by atoms with E-state index in [1.54, 1.807) is 19.1 Å². The number of aryl methyl sites for hydroxylation is 1. The van der Waals surface area contributed by atoms with Crippen LogP contribution in [0.3, 0.4) is 0 Å². The molecule has 0 aliphatic carbocycles.